The fourth-order valence-corrected chi connectivity index (χ4v) is 4.76. The molecule has 0 aliphatic carbocycles. The van der Waals surface area contributed by atoms with Crippen molar-refractivity contribution in [3.63, 3.8) is 0 Å². The number of pyridine rings is 2. The summed E-state index contributed by atoms with van der Waals surface area (Å²) in [5.74, 6) is 0.165. The molecule has 2 fully saturated rings. The first-order valence-electron chi connectivity index (χ1n) is 9.13. The van der Waals surface area contributed by atoms with E-state index in [2.05, 4.69) is 27.1 Å². The summed E-state index contributed by atoms with van der Waals surface area (Å²) in [5, 5.41) is 10.9. The van der Waals surface area contributed by atoms with Gasteiger partial charge in [0.1, 0.15) is 10.7 Å². The van der Waals surface area contributed by atoms with Gasteiger partial charge in [-0.05, 0) is 38.6 Å². The lowest BCUT2D eigenvalue weighted by molar-refractivity contribution is -0.132. The highest BCUT2D eigenvalue weighted by atomic mass is 32.1. The molecular formula is C19H20N6OS. The largest absolute Gasteiger partial charge is 0.336 e. The van der Waals surface area contributed by atoms with Crippen LogP contribution in [0.4, 0.5) is 0 Å². The molecule has 2 bridgehead atoms. The summed E-state index contributed by atoms with van der Waals surface area (Å²) in [6.07, 6.45) is 3.22. The van der Waals surface area contributed by atoms with Crippen LogP contribution in [0.2, 0.25) is 0 Å². The standard InChI is InChI=1S/C19H20N6OS/c1-11-22-23-19(27-11)16-4-3-12-8-20-13(5-17(12)21-16)6-18(26)25-10-14-7-15(25)9-24(14)2/h3-5,8,14-15H,6-7,9-10H2,1-2H3/t14-,15-/m0/s1. The molecule has 2 aliphatic rings. The third-order valence-electron chi connectivity index (χ3n) is 5.54. The molecule has 5 heterocycles. The number of nitrogens with zero attached hydrogens (tertiary/aromatic N) is 6. The van der Waals surface area contributed by atoms with Crippen LogP contribution in [0.5, 0.6) is 0 Å². The van der Waals surface area contributed by atoms with Gasteiger partial charge in [-0.1, -0.05) is 11.3 Å². The van der Waals surface area contributed by atoms with Crippen molar-refractivity contribution in [2.45, 2.75) is 31.8 Å². The van der Waals surface area contributed by atoms with E-state index in [0.717, 1.165) is 51.8 Å². The molecule has 3 aromatic heterocycles. The molecule has 8 heteroatoms. The molecule has 0 radical (unpaired) electrons. The summed E-state index contributed by atoms with van der Waals surface area (Å²) in [5.41, 5.74) is 2.40. The monoisotopic (exact) mass is 380 g/mol. The van der Waals surface area contributed by atoms with Gasteiger partial charge in [0.25, 0.3) is 0 Å². The Morgan fingerprint density at radius 3 is 2.85 bits per heavy atom. The number of amides is 1. The molecule has 138 valence electrons. The number of likely N-dealkylation sites (N-methyl/N-ethyl adjacent to an activating group) is 1. The maximum absolute atomic E-state index is 12.8. The van der Waals surface area contributed by atoms with E-state index in [1.54, 1.807) is 6.20 Å². The molecular weight excluding hydrogens is 360 g/mol. The van der Waals surface area contributed by atoms with Crippen LogP contribution in [0.3, 0.4) is 0 Å². The van der Waals surface area contributed by atoms with Gasteiger partial charge in [0.2, 0.25) is 5.91 Å². The van der Waals surface area contributed by atoms with E-state index in [1.807, 2.05) is 30.0 Å². The number of piperazine rings is 1. The van der Waals surface area contributed by atoms with Gasteiger partial charge in [-0.25, -0.2) is 4.98 Å². The quantitative estimate of drug-likeness (QED) is 0.691. The summed E-state index contributed by atoms with van der Waals surface area (Å²) < 4.78 is 0. The zero-order chi connectivity index (χ0) is 18.5. The van der Waals surface area contributed by atoms with Crippen LogP contribution in [-0.2, 0) is 11.2 Å². The number of aryl methyl sites for hydroxylation is 1. The zero-order valence-electron chi connectivity index (χ0n) is 15.3. The number of likely N-dealkylation sites (tertiary alicyclic amines) is 2. The lowest BCUT2D eigenvalue weighted by atomic mass is 10.1. The van der Waals surface area contributed by atoms with Crippen LogP contribution in [0, 0.1) is 6.92 Å². The Balaban J connectivity index is 1.38. The molecule has 3 aromatic rings. The highest BCUT2D eigenvalue weighted by molar-refractivity contribution is 7.14. The Bertz CT molecular complexity index is 1030. The second-order valence-electron chi connectivity index (χ2n) is 7.40. The first-order chi connectivity index (χ1) is 13.1. The Kier molecular flexibility index (Phi) is 3.91. The molecule has 0 unspecified atom stereocenters. The second kappa shape index (κ2) is 6.31. The minimum absolute atomic E-state index is 0.165. The van der Waals surface area contributed by atoms with Crippen molar-refractivity contribution >= 4 is 28.1 Å². The summed E-state index contributed by atoms with van der Waals surface area (Å²) >= 11 is 1.52. The number of hydrogen-bond acceptors (Lipinski definition) is 7. The van der Waals surface area contributed by atoms with Crippen LogP contribution in [0.25, 0.3) is 21.6 Å². The van der Waals surface area contributed by atoms with Crippen molar-refractivity contribution in [2.24, 2.45) is 0 Å². The summed E-state index contributed by atoms with van der Waals surface area (Å²) in [4.78, 5) is 26.3. The van der Waals surface area contributed by atoms with Crippen LogP contribution in [0.15, 0.2) is 24.4 Å². The average Bonchev–Trinajstić information content (AvgIpc) is 3.36. The molecule has 7 nitrogen and oxygen atoms in total. The van der Waals surface area contributed by atoms with Crippen molar-refractivity contribution in [3.05, 3.63) is 35.1 Å². The maximum atomic E-state index is 12.8. The summed E-state index contributed by atoms with van der Waals surface area (Å²) in [7, 11) is 2.14. The molecule has 2 atom stereocenters. The van der Waals surface area contributed by atoms with E-state index in [1.165, 1.54) is 11.3 Å². The first kappa shape index (κ1) is 16.7. The van der Waals surface area contributed by atoms with E-state index >= 15 is 0 Å². The number of hydrogen-bond donors (Lipinski definition) is 0. The van der Waals surface area contributed by atoms with E-state index in [-0.39, 0.29) is 5.91 Å². The van der Waals surface area contributed by atoms with Crippen molar-refractivity contribution < 1.29 is 4.79 Å². The summed E-state index contributed by atoms with van der Waals surface area (Å²) in [6, 6.07) is 6.72. The molecule has 5 rings (SSSR count). The number of aromatic nitrogens is 4. The number of carbonyl (C=O) groups is 1. The van der Waals surface area contributed by atoms with E-state index < -0.39 is 0 Å². The first-order valence-corrected chi connectivity index (χ1v) is 9.94. The van der Waals surface area contributed by atoms with Gasteiger partial charge < -0.3 is 4.90 Å². The Hall–Kier alpha value is -2.45. The predicted molar refractivity (Wildman–Crippen MR) is 103 cm³/mol. The van der Waals surface area contributed by atoms with Crippen molar-refractivity contribution in [1.29, 1.82) is 0 Å². The zero-order valence-corrected chi connectivity index (χ0v) is 16.1. The fourth-order valence-electron chi connectivity index (χ4n) is 4.10. The highest BCUT2D eigenvalue weighted by Gasteiger charge is 2.43. The molecule has 1 amide bonds. The molecule has 2 saturated heterocycles. The summed E-state index contributed by atoms with van der Waals surface area (Å²) in [6.45, 7) is 3.75. The lowest BCUT2D eigenvalue weighted by Gasteiger charge is -2.32. The van der Waals surface area contributed by atoms with Crippen LogP contribution < -0.4 is 0 Å². The Morgan fingerprint density at radius 1 is 1.26 bits per heavy atom. The van der Waals surface area contributed by atoms with E-state index in [0.29, 0.717) is 18.5 Å². The minimum atomic E-state index is 0.165. The normalized spacial score (nSPS) is 22.1. The van der Waals surface area contributed by atoms with Crippen LogP contribution in [-0.4, -0.2) is 68.1 Å². The molecule has 0 spiro atoms. The molecule has 27 heavy (non-hydrogen) atoms. The minimum Gasteiger partial charge on any atom is -0.336 e. The van der Waals surface area contributed by atoms with Gasteiger partial charge in [-0.15, -0.1) is 10.2 Å². The number of fused-ring (bicyclic) bond motifs is 3. The topological polar surface area (TPSA) is 75.1 Å². The highest BCUT2D eigenvalue weighted by Crippen LogP contribution is 2.30. The van der Waals surface area contributed by atoms with Crippen LogP contribution >= 0.6 is 11.3 Å². The number of rotatable bonds is 3. The third kappa shape index (κ3) is 2.98. The predicted octanol–water partition coefficient (Wildman–Crippen LogP) is 1.91. The van der Waals surface area contributed by atoms with Gasteiger partial charge in [0.05, 0.1) is 17.6 Å². The van der Waals surface area contributed by atoms with E-state index in [9.17, 15) is 4.79 Å². The second-order valence-corrected chi connectivity index (χ2v) is 8.58. The van der Waals surface area contributed by atoms with E-state index in [4.69, 9.17) is 4.98 Å². The van der Waals surface area contributed by atoms with Crippen molar-refractivity contribution in [1.82, 2.24) is 30.0 Å². The fraction of sp³-hybridized carbons (Fsp3) is 0.421. The molecule has 0 aromatic carbocycles. The molecule has 0 N–H and O–H groups in total. The van der Waals surface area contributed by atoms with Gasteiger partial charge in [-0.2, -0.15) is 0 Å². The van der Waals surface area contributed by atoms with Gasteiger partial charge in [0, 0.05) is 36.8 Å². The third-order valence-corrected chi connectivity index (χ3v) is 6.40. The average molecular weight is 380 g/mol. The van der Waals surface area contributed by atoms with Crippen molar-refractivity contribution in [2.75, 3.05) is 20.1 Å². The number of carbonyl (C=O) groups excluding carboxylic acids is 1. The van der Waals surface area contributed by atoms with Crippen LogP contribution in [0.1, 0.15) is 17.1 Å². The molecule has 2 aliphatic heterocycles. The Morgan fingerprint density at radius 2 is 2.15 bits per heavy atom. The lowest BCUT2D eigenvalue weighted by Crippen LogP contribution is -2.47. The molecule has 0 saturated carbocycles. The van der Waals surface area contributed by atoms with Gasteiger partial charge >= 0.3 is 0 Å². The van der Waals surface area contributed by atoms with Gasteiger partial charge in [-0.3, -0.25) is 14.7 Å². The van der Waals surface area contributed by atoms with Crippen molar-refractivity contribution in [3.8, 4) is 10.7 Å². The maximum Gasteiger partial charge on any atom is 0.228 e. The smallest absolute Gasteiger partial charge is 0.228 e. The van der Waals surface area contributed by atoms with Gasteiger partial charge in [0.15, 0.2) is 5.01 Å². The Labute approximate surface area is 161 Å². The SMILES string of the molecule is Cc1nnc(-c2ccc3cnc(CC(=O)N4C[C@@H]5C[C@H]4CN5C)cc3n2)s1.